The van der Waals surface area contributed by atoms with Crippen LogP contribution < -0.4 is 10.9 Å². The fourth-order valence-electron chi connectivity index (χ4n) is 2.41. The van der Waals surface area contributed by atoms with E-state index in [1.165, 1.54) is 11.1 Å². The fraction of sp³-hybridized carbons (Fsp3) is 0.533. The monoisotopic (exact) mass is 246 g/mol. The minimum Gasteiger partial charge on any atom is -0.291 e. The van der Waals surface area contributed by atoms with Crippen molar-refractivity contribution >= 4 is 5.91 Å². The highest BCUT2D eigenvalue weighted by molar-refractivity contribution is 5.81. The van der Waals surface area contributed by atoms with Crippen LogP contribution in [0.1, 0.15) is 31.9 Å². The van der Waals surface area contributed by atoms with Gasteiger partial charge < -0.3 is 0 Å². The van der Waals surface area contributed by atoms with Crippen molar-refractivity contribution in [3.8, 4) is 0 Å². The number of carbonyl (C=O) groups is 1. The van der Waals surface area contributed by atoms with Gasteiger partial charge in [-0.1, -0.05) is 38.1 Å². The molecule has 3 nitrogen and oxygen atoms in total. The Bertz CT molecular complexity index is 411. The number of hydrogen-bond acceptors (Lipinski definition) is 2. The Morgan fingerprint density at radius 2 is 1.78 bits per heavy atom. The quantitative estimate of drug-likeness (QED) is 0.854. The molecule has 1 aliphatic rings. The van der Waals surface area contributed by atoms with Crippen LogP contribution in [0.5, 0.6) is 0 Å². The van der Waals surface area contributed by atoms with Crippen LogP contribution in [-0.4, -0.2) is 11.9 Å². The highest BCUT2D eigenvalue weighted by Gasteiger charge is 2.30. The van der Waals surface area contributed by atoms with Crippen LogP contribution in [0.25, 0.3) is 0 Å². The summed E-state index contributed by atoms with van der Waals surface area (Å²) >= 11 is 0. The van der Waals surface area contributed by atoms with Crippen molar-refractivity contribution in [2.75, 3.05) is 0 Å². The molecule has 2 N–H and O–H groups in total. The van der Waals surface area contributed by atoms with Gasteiger partial charge in [0, 0.05) is 6.04 Å². The summed E-state index contributed by atoms with van der Waals surface area (Å²) in [6.07, 6.45) is 1.92. The number of rotatable bonds is 4. The number of hydrazine groups is 1. The van der Waals surface area contributed by atoms with Gasteiger partial charge in [0.25, 0.3) is 0 Å². The summed E-state index contributed by atoms with van der Waals surface area (Å²) in [5.41, 5.74) is 8.27. The van der Waals surface area contributed by atoms with Gasteiger partial charge in [0.05, 0.1) is 5.92 Å². The Kier molecular flexibility index (Phi) is 4.02. The number of hydrogen-bond donors (Lipinski definition) is 2. The summed E-state index contributed by atoms with van der Waals surface area (Å²) in [6.45, 7) is 6.49. The van der Waals surface area contributed by atoms with Gasteiger partial charge in [-0.15, -0.1) is 0 Å². The number of benzene rings is 1. The van der Waals surface area contributed by atoms with Gasteiger partial charge in [-0.3, -0.25) is 10.2 Å². The predicted molar refractivity (Wildman–Crippen MR) is 72.9 cm³/mol. The summed E-state index contributed by atoms with van der Waals surface area (Å²) in [5.74, 6) is 0.829. The maximum Gasteiger partial charge on any atom is 0.239 e. The number of nitrogens with one attached hydrogen (secondary N) is 2. The SMILES string of the molecule is CC(C)Cc1ccc(CC2C(=O)NNC2C)cc1. The molecular weight excluding hydrogens is 224 g/mol. The topological polar surface area (TPSA) is 41.1 Å². The molecule has 1 aromatic rings. The van der Waals surface area contributed by atoms with Crippen LogP contribution in [0.15, 0.2) is 24.3 Å². The van der Waals surface area contributed by atoms with E-state index >= 15 is 0 Å². The zero-order valence-electron chi connectivity index (χ0n) is 11.4. The van der Waals surface area contributed by atoms with E-state index in [-0.39, 0.29) is 17.9 Å². The third kappa shape index (κ3) is 3.10. The molecule has 1 amide bonds. The second-order valence-electron chi connectivity index (χ2n) is 5.65. The minimum atomic E-state index is 0.0425. The van der Waals surface area contributed by atoms with Crippen molar-refractivity contribution in [1.29, 1.82) is 0 Å². The van der Waals surface area contributed by atoms with Gasteiger partial charge in [0.1, 0.15) is 0 Å². The highest BCUT2D eigenvalue weighted by Crippen LogP contribution is 2.17. The van der Waals surface area contributed by atoms with Crippen molar-refractivity contribution in [2.45, 2.75) is 39.7 Å². The maximum atomic E-state index is 11.6. The molecule has 18 heavy (non-hydrogen) atoms. The average Bonchev–Trinajstić information content (AvgIpc) is 2.63. The third-order valence-electron chi connectivity index (χ3n) is 3.49. The smallest absolute Gasteiger partial charge is 0.239 e. The summed E-state index contributed by atoms with van der Waals surface area (Å²) in [7, 11) is 0. The Hall–Kier alpha value is -1.35. The van der Waals surface area contributed by atoms with Crippen LogP contribution in [-0.2, 0) is 17.6 Å². The molecule has 2 atom stereocenters. The molecule has 1 saturated heterocycles. The summed E-state index contributed by atoms with van der Waals surface area (Å²) in [5, 5.41) is 0. The molecule has 2 rings (SSSR count). The van der Waals surface area contributed by atoms with Crippen LogP contribution in [0.4, 0.5) is 0 Å². The van der Waals surface area contributed by atoms with Crippen molar-refractivity contribution in [3.63, 3.8) is 0 Å². The second-order valence-corrected chi connectivity index (χ2v) is 5.65. The first-order chi connectivity index (χ1) is 8.56. The van der Waals surface area contributed by atoms with Gasteiger partial charge in [0.2, 0.25) is 5.91 Å². The Balaban J connectivity index is 2.00. The molecule has 0 saturated carbocycles. The molecule has 0 aromatic heterocycles. The third-order valence-corrected chi connectivity index (χ3v) is 3.49. The Morgan fingerprint density at radius 1 is 1.17 bits per heavy atom. The molecule has 1 aliphatic heterocycles. The van der Waals surface area contributed by atoms with Gasteiger partial charge >= 0.3 is 0 Å². The molecular formula is C15H22N2O. The molecule has 1 aromatic carbocycles. The second kappa shape index (κ2) is 5.53. The largest absolute Gasteiger partial charge is 0.291 e. The summed E-state index contributed by atoms with van der Waals surface area (Å²) in [6, 6.07) is 8.86. The first-order valence-electron chi connectivity index (χ1n) is 6.69. The van der Waals surface area contributed by atoms with Crippen molar-refractivity contribution in [1.82, 2.24) is 10.9 Å². The lowest BCUT2D eigenvalue weighted by molar-refractivity contribution is -0.122. The molecule has 1 heterocycles. The zero-order valence-corrected chi connectivity index (χ0v) is 11.4. The molecule has 98 valence electrons. The van der Waals surface area contributed by atoms with Crippen LogP contribution >= 0.6 is 0 Å². The highest BCUT2D eigenvalue weighted by atomic mass is 16.2. The standard InChI is InChI=1S/C15H22N2O/c1-10(2)8-12-4-6-13(7-5-12)9-14-11(3)16-17-15(14)18/h4-7,10-11,14,16H,8-9H2,1-3H3,(H,17,18). The summed E-state index contributed by atoms with van der Waals surface area (Å²) in [4.78, 5) is 11.6. The Labute approximate surface area is 109 Å². The molecule has 0 radical (unpaired) electrons. The first kappa shape index (κ1) is 13.1. The van der Waals surface area contributed by atoms with E-state index in [1.807, 2.05) is 6.92 Å². The van der Waals surface area contributed by atoms with E-state index in [1.54, 1.807) is 0 Å². The van der Waals surface area contributed by atoms with Crippen LogP contribution in [0.2, 0.25) is 0 Å². The van der Waals surface area contributed by atoms with E-state index in [9.17, 15) is 4.79 Å². The zero-order chi connectivity index (χ0) is 13.1. The van der Waals surface area contributed by atoms with Crippen molar-refractivity contribution in [2.24, 2.45) is 11.8 Å². The van der Waals surface area contributed by atoms with E-state index < -0.39 is 0 Å². The number of amides is 1. The lowest BCUT2D eigenvalue weighted by Crippen LogP contribution is -2.29. The molecule has 0 spiro atoms. The van der Waals surface area contributed by atoms with Gasteiger partial charge in [-0.05, 0) is 36.8 Å². The van der Waals surface area contributed by atoms with Crippen molar-refractivity contribution < 1.29 is 4.79 Å². The average molecular weight is 246 g/mol. The van der Waals surface area contributed by atoms with E-state index in [2.05, 4.69) is 49.0 Å². The van der Waals surface area contributed by atoms with Gasteiger partial charge in [0.15, 0.2) is 0 Å². The first-order valence-corrected chi connectivity index (χ1v) is 6.69. The lowest BCUT2D eigenvalue weighted by Gasteiger charge is -2.12. The summed E-state index contributed by atoms with van der Waals surface area (Å²) < 4.78 is 0. The lowest BCUT2D eigenvalue weighted by atomic mass is 9.93. The molecule has 1 fully saturated rings. The predicted octanol–water partition coefficient (Wildman–Crippen LogP) is 2.07. The maximum absolute atomic E-state index is 11.6. The normalized spacial score (nSPS) is 23.4. The van der Waals surface area contributed by atoms with E-state index in [4.69, 9.17) is 0 Å². The molecule has 3 heteroatoms. The van der Waals surface area contributed by atoms with Crippen LogP contribution in [0, 0.1) is 11.8 Å². The van der Waals surface area contributed by atoms with E-state index in [0.717, 1.165) is 12.8 Å². The van der Waals surface area contributed by atoms with Crippen molar-refractivity contribution in [3.05, 3.63) is 35.4 Å². The fourth-order valence-corrected chi connectivity index (χ4v) is 2.41. The number of carbonyl (C=O) groups excluding carboxylic acids is 1. The molecule has 0 bridgehead atoms. The van der Waals surface area contributed by atoms with Crippen LogP contribution in [0.3, 0.4) is 0 Å². The minimum absolute atomic E-state index is 0.0425. The molecule has 2 unspecified atom stereocenters. The van der Waals surface area contributed by atoms with E-state index in [0.29, 0.717) is 5.92 Å². The Morgan fingerprint density at radius 3 is 2.28 bits per heavy atom. The molecule has 0 aliphatic carbocycles. The van der Waals surface area contributed by atoms with Gasteiger partial charge in [-0.25, -0.2) is 5.43 Å². The van der Waals surface area contributed by atoms with Gasteiger partial charge in [-0.2, -0.15) is 0 Å².